The Bertz CT molecular complexity index is 1380. The van der Waals surface area contributed by atoms with Gasteiger partial charge >= 0.3 is 0 Å². The van der Waals surface area contributed by atoms with Crippen LogP contribution >= 0.6 is 23.8 Å². The van der Waals surface area contributed by atoms with E-state index in [-0.39, 0.29) is 6.04 Å². The SMILES string of the molecule is CC1=C(c2nc(-c3ccc(C)cc3)no2)C(c2ccc(Cl)cc2)NC(=S)N1c1ccc(C)cc1. The zero-order chi connectivity index (χ0) is 23.8. The van der Waals surface area contributed by atoms with Crippen LogP contribution in [-0.4, -0.2) is 15.3 Å². The zero-order valence-electron chi connectivity index (χ0n) is 19.0. The molecule has 0 spiro atoms. The standard InChI is InChI=1S/C27H23ClN4OS/c1-16-4-8-20(9-5-16)25-30-26(33-31-25)23-18(3)32(22-14-6-17(2)7-15-22)27(34)29-24(23)19-10-12-21(28)13-11-19/h4-15,24H,1-3H3,(H,29,34). The van der Waals surface area contributed by atoms with Gasteiger partial charge in [-0.25, -0.2) is 0 Å². The van der Waals surface area contributed by atoms with Crippen LogP contribution in [0.2, 0.25) is 5.02 Å². The maximum atomic E-state index is 6.15. The van der Waals surface area contributed by atoms with Gasteiger partial charge in [0.05, 0.1) is 11.6 Å². The summed E-state index contributed by atoms with van der Waals surface area (Å²) in [6.07, 6.45) is 0. The van der Waals surface area contributed by atoms with Gasteiger partial charge in [-0.15, -0.1) is 0 Å². The average molecular weight is 487 g/mol. The maximum Gasteiger partial charge on any atom is 0.258 e. The van der Waals surface area contributed by atoms with Crippen LogP contribution in [0.25, 0.3) is 17.0 Å². The van der Waals surface area contributed by atoms with Gasteiger partial charge in [0.1, 0.15) is 0 Å². The smallest absolute Gasteiger partial charge is 0.258 e. The molecule has 0 bridgehead atoms. The average Bonchev–Trinajstić information content (AvgIpc) is 3.30. The van der Waals surface area contributed by atoms with Crippen molar-refractivity contribution in [2.45, 2.75) is 26.8 Å². The van der Waals surface area contributed by atoms with Gasteiger partial charge in [-0.1, -0.05) is 76.4 Å². The number of anilines is 1. The van der Waals surface area contributed by atoms with E-state index in [1.54, 1.807) is 0 Å². The van der Waals surface area contributed by atoms with Crippen LogP contribution in [0.1, 0.15) is 35.5 Å². The number of nitrogens with one attached hydrogen (secondary N) is 1. The molecule has 5 rings (SSSR count). The molecule has 0 fully saturated rings. The van der Waals surface area contributed by atoms with Gasteiger partial charge in [0.2, 0.25) is 5.82 Å². The Kier molecular flexibility index (Phi) is 5.94. The minimum atomic E-state index is -0.266. The third-order valence-corrected chi connectivity index (χ3v) is 6.50. The van der Waals surface area contributed by atoms with Crippen molar-refractivity contribution in [2.75, 3.05) is 4.90 Å². The van der Waals surface area contributed by atoms with Crippen LogP contribution in [0.3, 0.4) is 0 Å². The van der Waals surface area contributed by atoms with Crippen molar-refractivity contribution in [1.82, 2.24) is 15.5 Å². The van der Waals surface area contributed by atoms with Crippen LogP contribution in [0.5, 0.6) is 0 Å². The highest BCUT2D eigenvalue weighted by Crippen LogP contribution is 2.39. The molecule has 1 unspecified atom stereocenters. The molecule has 4 aromatic rings. The van der Waals surface area contributed by atoms with Gasteiger partial charge < -0.3 is 9.84 Å². The summed E-state index contributed by atoms with van der Waals surface area (Å²) in [6.45, 7) is 6.14. The monoisotopic (exact) mass is 486 g/mol. The Morgan fingerprint density at radius 2 is 1.50 bits per heavy atom. The predicted molar refractivity (Wildman–Crippen MR) is 141 cm³/mol. The van der Waals surface area contributed by atoms with E-state index in [0.29, 0.717) is 21.9 Å². The molecule has 5 nitrogen and oxygen atoms in total. The summed E-state index contributed by atoms with van der Waals surface area (Å²) < 4.78 is 5.82. The van der Waals surface area contributed by atoms with Crippen molar-refractivity contribution >= 4 is 40.2 Å². The van der Waals surface area contributed by atoms with E-state index in [1.807, 2.05) is 67.3 Å². The molecular weight excluding hydrogens is 464 g/mol. The first-order chi connectivity index (χ1) is 16.4. The summed E-state index contributed by atoms with van der Waals surface area (Å²) in [6, 6.07) is 23.7. The Morgan fingerprint density at radius 3 is 2.15 bits per heavy atom. The Balaban J connectivity index is 1.64. The fourth-order valence-electron chi connectivity index (χ4n) is 4.08. The Hall–Kier alpha value is -3.48. The Morgan fingerprint density at radius 1 is 0.882 bits per heavy atom. The molecular formula is C27H23ClN4OS. The molecule has 170 valence electrons. The lowest BCUT2D eigenvalue weighted by Gasteiger charge is -2.37. The molecule has 0 aliphatic carbocycles. The van der Waals surface area contributed by atoms with Gasteiger partial charge in [-0.3, -0.25) is 4.90 Å². The second-order valence-corrected chi connectivity index (χ2v) is 9.22. The predicted octanol–water partition coefficient (Wildman–Crippen LogP) is 6.87. The lowest BCUT2D eigenvalue weighted by atomic mass is 9.94. The molecule has 1 N–H and O–H groups in total. The van der Waals surface area contributed by atoms with Crippen LogP contribution in [0, 0.1) is 13.8 Å². The molecule has 0 amide bonds. The molecule has 34 heavy (non-hydrogen) atoms. The van der Waals surface area contributed by atoms with Gasteiger partial charge in [0.25, 0.3) is 5.89 Å². The highest BCUT2D eigenvalue weighted by atomic mass is 35.5. The van der Waals surface area contributed by atoms with E-state index in [0.717, 1.165) is 28.1 Å². The first-order valence-electron chi connectivity index (χ1n) is 11.0. The minimum Gasteiger partial charge on any atom is -0.351 e. The van der Waals surface area contributed by atoms with E-state index in [9.17, 15) is 0 Å². The van der Waals surface area contributed by atoms with Gasteiger partial charge in [-0.05, 0) is 62.8 Å². The molecule has 2 heterocycles. The number of aryl methyl sites for hydroxylation is 2. The number of halogens is 1. The van der Waals surface area contributed by atoms with E-state index in [2.05, 4.69) is 41.7 Å². The third-order valence-electron chi connectivity index (χ3n) is 5.95. The highest BCUT2D eigenvalue weighted by molar-refractivity contribution is 7.80. The normalized spacial score (nSPS) is 16.1. The van der Waals surface area contributed by atoms with Gasteiger partial charge in [0.15, 0.2) is 5.11 Å². The van der Waals surface area contributed by atoms with Gasteiger partial charge in [-0.2, -0.15) is 4.98 Å². The first kappa shape index (κ1) is 22.3. The largest absolute Gasteiger partial charge is 0.351 e. The minimum absolute atomic E-state index is 0.266. The summed E-state index contributed by atoms with van der Waals surface area (Å²) in [5.41, 5.74) is 7.00. The third kappa shape index (κ3) is 4.22. The fourth-order valence-corrected chi connectivity index (χ4v) is 4.57. The molecule has 1 atom stereocenters. The molecule has 0 saturated carbocycles. The van der Waals surface area contributed by atoms with Gasteiger partial charge in [0, 0.05) is 22.0 Å². The summed E-state index contributed by atoms with van der Waals surface area (Å²) in [4.78, 5) is 6.78. The van der Waals surface area contributed by atoms with Crippen LogP contribution in [0.15, 0.2) is 83.0 Å². The molecule has 1 aliphatic rings. The lowest BCUT2D eigenvalue weighted by molar-refractivity contribution is 0.404. The number of aromatic nitrogens is 2. The molecule has 0 saturated heterocycles. The van der Waals surface area contributed by atoms with E-state index in [1.165, 1.54) is 11.1 Å². The van der Waals surface area contributed by atoms with Crippen LogP contribution in [0.4, 0.5) is 5.69 Å². The summed E-state index contributed by atoms with van der Waals surface area (Å²) in [7, 11) is 0. The first-order valence-corrected chi connectivity index (χ1v) is 11.7. The fraction of sp³-hybridized carbons (Fsp3) is 0.148. The number of hydrogen-bond acceptors (Lipinski definition) is 4. The summed E-state index contributed by atoms with van der Waals surface area (Å²) >= 11 is 12.0. The van der Waals surface area contributed by atoms with Crippen molar-refractivity contribution in [3.8, 4) is 11.4 Å². The molecule has 3 aromatic carbocycles. The van der Waals surface area contributed by atoms with E-state index < -0.39 is 0 Å². The molecule has 1 aliphatic heterocycles. The number of thiocarbonyl (C=S) groups is 1. The summed E-state index contributed by atoms with van der Waals surface area (Å²) in [5, 5.41) is 9.03. The van der Waals surface area contributed by atoms with E-state index in [4.69, 9.17) is 33.3 Å². The zero-order valence-corrected chi connectivity index (χ0v) is 20.6. The molecule has 0 radical (unpaired) electrons. The van der Waals surface area contributed by atoms with Crippen molar-refractivity contribution in [2.24, 2.45) is 0 Å². The number of benzene rings is 3. The number of rotatable bonds is 4. The number of allylic oxidation sites excluding steroid dienone is 1. The van der Waals surface area contributed by atoms with Crippen molar-refractivity contribution in [3.05, 3.63) is 106 Å². The second-order valence-electron chi connectivity index (χ2n) is 8.39. The van der Waals surface area contributed by atoms with E-state index >= 15 is 0 Å². The van der Waals surface area contributed by atoms with Crippen LogP contribution < -0.4 is 10.2 Å². The maximum absolute atomic E-state index is 6.15. The van der Waals surface area contributed by atoms with Crippen molar-refractivity contribution in [3.63, 3.8) is 0 Å². The molecule has 1 aromatic heterocycles. The summed E-state index contributed by atoms with van der Waals surface area (Å²) in [5.74, 6) is 0.986. The van der Waals surface area contributed by atoms with Crippen LogP contribution in [-0.2, 0) is 0 Å². The number of nitrogens with zero attached hydrogens (tertiary/aromatic N) is 3. The Labute approximate surface area is 209 Å². The van der Waals surface area contributed by atoms with Crippen molar-refractivity contribution < 1.29 is 4.52 Å². The molecule has 7 heteroatoms. The van der Waals surface area contributed by atoms with Crippen molar-refractivity contribution in [1.29, 1.82) is 0 Å². The topological polar surface area (TPSA) is 54.2 Å². The number of hydrogen-bond donors (Lipinski definition) is 1. The highest BCUT2D eigenvalue weighted by Gasteiger charge is 2.34. The lowest BCUT2D eigenvalue weighted by Crippen LogP contribution is -2.46. The second kappa shape index (κ2) is 9.05. The quantitative estimate of drug-likeness (QED) is 0.317.